The molecule has 2 fully saturated rings. The number of aliphatic hydroxyl groups is 1. The van der Waals surface area contributed by atoms with Gasteiger partial charge in [-0.3, -0.25) is 19.5 Å². The van der Waals surface area contributed by atoms with Gasteiger partial charge in [0.1, 0.15) is 18.4 Å². The lowest BCUT2D eigenvalue weighted by Gasteiger charge is -2.40. The van der Waals surface area contributed by atoms with Gasteiger partial charge in [-0.1, -0.05) is 23.7 Å². The number of ether oxygens (including phenoxy) is 3. The highest BCUT2D eigenvalue weighted by Gasteiger charge is 2.52. The molecule has 0 radical (unpaired) electrons. The van der Waals surface area contributed by atoms with Crippen LogP contribution in [0.5, 0.6) is 11.5 Å². The van der Waals surface area contributed by atoms with Gasteiger partial charge in [0.15, 0.2) is 11.5 Å². The summed E-state index contributed by atoms with van der Waals surface area (Å²) >= 11 is 6.39. The number of aromatic nitrogens is 1. The maximum Gasteiger partial charge on any atom is 0.251 e. The summed E-state index contributed by atoms with van der Waals surface area (Å²) in [5.41, 5.74) is 0.154. The summed E-state index contributed by atoms with van der Waals surface area (Å²) < 4.78 is 17.2. The van der Waals surface area contributed by atoms with Crippen LogP contribution in [0.4, 0.5) is 5.69 Å². The molecule has 0 bridgehead atoms. The number of anilines is 1. The van der Waals surface area contributed by atoms with E-state index in [-0.39, 0.29) is 30.6 Å². The molecule has 12 nitrogen and oxygen atoms in total. The van der Waals surface area contributed by atoms with E-state index in [1.165, 1.54) is 13.3 Å². The van der Waals surface area contributed by atoms with Gasteiger partial charge in [-0.05, 0) is 31.0 Å². The molecule has 2 amide bonds. The van der Waals surface area contributed by atoms with Crippen molar-refractivity contribution in [3.63, 3.8) is 0 Å². The van der Waals surface area contributed by atoms with Crippen molar-refractivity contribution in [1.29, 1.82) is 0 Å². The van der Waals surface area contributed by atoms with Crippen LogP contribution in [0.3, 0.4) is 0 Å². The second-order valence-electron chi connectivity index (χ2n) is 11.7. The standard InChI is InChI=1S/C32H39ClN6O6/c1-43-21-11-15-38(18-21)14-4-7-27(40)39-16-10-20(39)19-45-26-17-34-12-8-22(26)32(42)30(28-24(37-32)9-13-35-31(28)41)36-25-6-3-5-23(33)29(25)44-2/h3-8,12,17,20-21,30,36-37,42H,9-11,13-16,18-19H2,1-2H3,(H,35,41)/b7-4+/t20-,21+,30?,32?/m1/s1. The van der Waals surface area contributed by atoms with E-state index in [4.69, 9.17) is 25.8 Å². The Hall–Kier alpha value is -3.84. The minimum Gasteiger partial charge on any atom is -0.493 e. The predicted molar refractivity (Wildman–Crippen MR) is 168 cm³/mol. The van der Waals surface area contributed by atoms with Gasteiger partial charge in [0, 0.05) is 64.2 Å². The first-order valence-electron chi connectivity index (χ1n) is 15.2. The van der Waals surface area contributed by atoms with E-state index in [0.29, 0.717) is 65.1 Å². The summed E-state index contributed by atoms with van der Waals surface area (Å²) in [6.07, 6.45) is 9.22. The summed E-state index contributed by atoms with van der Waals surface area (Å²) in [6.45, 7) is 3.85. The summed E-state index contributed by atoms with van der Waals surface area (Å²) in [5.74, 6) is 0.396. The molecule has 0 spiro atoms. The zero-order valence-electron chi connectivity index (χ0n) is 25.4. The highest BCUT2D eigenvalue weighted by atomic mass is 35.5. The molecule has 4 aliphatic rings. The summed E-state index contributed by atoms with van der Waals surface area (Å²) in [5, 5.41) is 22.2. The van der Waals surface area contributed by atoms with Gasteiger partial charge in [0.25, 0.3) is 5.91 Å². The van der Waals surface area contributed by atoms with Crippen molar-refractivity contribution in [2.75, 3.05) is 58.9 Å². The SMILES string of the molecule is COc1c(Cl)cccc1NC1C2=C(CCNC2=O)NC1(O)c1ccncc1OC[C@H]1CCN1C(=O)/C=C/CN1CC[C@H](OC)C1. The first-order chi connectivity index (χ1) is 21.8. The number of methoxy groups -OCH3 is 2. The van der Waals surface area contributed by atoms with Gasteiger partial charge in [-0.2, -0.15) is 0 Å². The van der Waals surface area contributed by atoms with E-state index in [0.717, 1.165) is 25.9 Å². The van der Waals surface area contributed by atoms with Gasteiger partial charge in [-0.15, -0.1) is 0 Å². The minimum absolute atomic E-state index is 0.0533. The quantitative estimate of drug-likeness (QED) is 0.271. The number of rotatable bonds is 11. The fourth-order valence-electron chi connectivity index (χ4n) is 6.45. The average Bonchev–Trinajstić information content (AvgIpc) is 3.60. The lowest BCUT2D eigenvalue weighted by Crippen LogP contribution is -2.53. The molecule has 13 heteroatoms. The predicted octanol–water partition coefficient (Wildman–Crippen LogP) is 2.00. The number of carbonyl (C=O) groups is 2. The zero-order valence-corrected chi connectivity index (χ0v) is 26.2. The second-order valence-corrected chi connectivity index (χ2v) is 12.1. The van der Waals surface area contributed by atoms with E-state index >= 15 is 0 Å². The van der Waals surface area contributed by atoms with Crippen LogP contribution >= 0.6 is 11.6 Å². The van der Waals surface area contributed by atoms with Crippen LogP contribution in [0.15, 0.2) is 60.1 Å². The van der Waals surface area contributed by atoms with Gasteiger partial charge >= 0.3 is 0 Å². The Morgan fingerprint density at radius 3 is 2.89 bits per heavy atom. The van der Waals surface area contributed by atoms with Crippen LogP contribution in [-0.2, 0) is 20.1 Å². The zero-order chi connectivity index (χ0) is 31.6. The van der Waals surface area contributed by atoms with Crippen molar-refractivity contribution < 1.29 is 28.9 Å². The Bertz CT molecular complexity index is 1500. The normalized spacial score (nSPS) is 26.4. The van der Waals surface area contributed by atoms with Gasteiger partial charge in [0.2, 0.25) is 5.91 Å². The average molecular weight is 639 g/mol. The molecular formula is C32H39ClN6O6. The number of nitrogens with zero attached hydrogens (tertiary/aromatic N) is 3. The molecule has 1 aromatic heterocycles. The van der Waals surface area contributed by atoms with Crippen LogP contribution in [0.1, 0.15) is 24.8 Å². The molecule has 2 saturated heterocycles. The molecule has 240 valence electrons. The Kier molecular flexibility index (Phi) is 9.18. The molecule has 0 aliphatic carbocycles. The van der Waals surface area contributed by atoms with Crippen LogP contribution in [0.2, 0.25) is 5.02 Å². The highest BCUT2D eigenvalue weighted by Crippen LogP contribution is 2.43. The van der Waals surface area contributed by atoms with Crippen molar-refractivity contribution in [3.8, 4) is 11.5 Å². The summed E-state index contributed by atoms with van der Waals surface area (Å²) in [4.78, 5) is 34.4. The van der Waals surface area contributed by atoms with E-state index in [9.17, 15) is 14.7 Å². The third kappa shape index (κ3) is 6.19. The topological polar surface area (TPSA) is 138 Å². The number of nitrogens with one attached hydrogen (secondary N) is 3. The molecule has 45 heavy (non-hydrogen) atoms. The number of amides is 2. The van der Waals surface area contributed by atoms with Gasteiger partial charge < -0.3 is 40.2 Å². The summed E-state index contributed by atoms with van der Waals surface area (Å²) in [7, 11) is 3.24. The van der Waals surface area contributed by atoms with E-state index < -0.39 is 11.8 Å². The fraction of sp³-hybridized carbons (Fsp3) is 0.469. The minimum atomic E-state index is -1.78. The number of para-hydroxylation sites is 1. The third-order valence-corrected chi connectivity index (χ3v) is 9.29. The lowest BCUT2D eigenvalue weighted by atomic mass is 9.91. The number of benzene rings is 1. The number of hydrogen-bond acceptors (Lipinski definition) is 10. The van der Waals surface area contributed by atoms with Crippen LogP contribution in [0.25, 0.3) is 0 Å². The number of likely N-dealkylation sites (tertiary alicyclic amines) is 2. The van der Waals surface area contributed by atoms with E-state index in [2.05, 4.69) is 25.8 Å². The molecule has 4 atom stereocenters. The molecular weight excluding hydrogens is 600 g/mol. The number of hydrogen-bond donors (Lipinski definition) is 4. The Morgan fingerprint density at radius 1 is 1.27 bits per heavy atom. The molecule has 6 rings (SSSR count). The molecule has 4 N–H and O–H groups in total. The Morgan fingerprint density at radius 2 is 2.13 bits per heavy atom. The smallest absolute Gasteiger partial charge is 0.251 e. The molecule has 2 aromatic rings. The number of pyridine rings is 1. The van der Waals surface area contributed by atoms with Crippen LogP contribution < -0.4 is 25.4 Å². The van der Waals surface area contributed by atoms with Crippen molar-refractivity contribution in [2.45, 2.75) is 43.2 Å². The first kappa shape index (κ1) is 31.2. The van der Waals surface area contributed by atoms with Crippen molar-refractivity contribution >= 4 is 29.1 Å². The monoisotopic (exact) mass is 638 g/mol. The maximum absolute atomic E-state index is 13.1. The number of halogens is 1. The Balaban J connectivity index is 1.18. The van der Waals surface area contributed by atoms with Crippen molar-refractivity contribution in [1.82, 2.24) is 25.4 Å². The molecule has 4 aliphatic heterocycles. The number of carbonyl (C=O) groups excluding carboxylic acids is 2. The van der Waals surface area contributed by atoms with Crippen molar-refractivity contribution in [3.05, 3.63) is 70.7 Å². The highest BCUT2D eigenvalue weighted by molar-refractivity contribution is 6.32. The maximum atomic E-state index is 13.1. The third-order valence-electron chi connectivity index (χ3n) is 8.99. The largest absolute Gasteiger partial charge is 0.493 e. The van der Waals surface area contributed by atoms with Crippen LogP contribution in [0, 0.1) is 0 Å². The van der Waals surface area contributed by atoms with Gasteiger partial charge in [-0.25, -0.2) is 0 Å². The molecule has 0 saturated carbocycles. The first-order valence-corrected chi connectivity index (χ1v) is 15.6. The van der Waals surface area contributed by atoms with Crippen LogP contribution in [-0.4, -0.2) is 103 Å². The second kappa shape index (κ2) is 13.3. The molecule has 2 unspecified atom stereocenters. The summed E-state index contributed by atoms with van der Waals surface area (Å²) in [6, 6.07) is 5.86. The van der Waals surface area contributed by atoms with Crippen molar-refractivity contribution in [2.24, 2.45) is 0 Å². The molecule has 5 heterocycles. The lowest BCUT2D eigenvalue weighted by molar-refractivity contribution is -0.134. The fourth-order valence-corrected chi connectivity index (χ4v) is 6.70. The van der Waals surface area contributed by atoms with E-state index in [1.807, 2.05) is 6.08 Å². The Labute approximate surface area is 267 Å². The molecule has 1 aromatic carbocycles. The van der Waals surface area contributed by atoms with E-state index in [1.54, 1.807) is 48.5 Å². The van der Waals surface area contributed by atoms with Gasteiger partial charge in [0.05, 0.1) is 47.3 Å².